The lowest BCUT2D eigenvalue weighted by Gasteiger charge is -1.82. The lowest BCUT2D eigenvalue weighted by Crippen LogP contribution is -1.81. The molecule has 0 aromatic rings. The van der Waals surface area contributed by atoms with Crippen LogP contribution in [-0.4, -0.2) is 41.3 Å². The Balaban J connectivity index is -0.000000117. The third-order valence-corrected chi connectivity index (χ3v) is 0. The van der Waals surface area contributed by atoms with Crippen LogP contribution < -0.4 is 0 Å². The lowest BCUT2D eigenvalue weighted by atomic mass is 11.5. The molecule has 0 aromatic heterocycles. The zero-order chi connectivity index (χ0) is 11.7. The Morgan fingerprint density at radius 1 is 1.23 bits per heavy atom. The van der Waals surface area contributed by atoms with Crippen LogP contribution in [-0.2, 0) is 4.57 Å². The van der Waals surface area contributed by atoms with Crippen LogP contribution in [0.5, 0.6) is 0 Å². The first-order valence-corrected chi connectivity index (χ1v) is 3.56. The zero-order valence-corrected chi connectivity index (χ0v) is 6.61. The van der Waals surface area contributed by atoms with Crippen molar-refractivity contribution in [1.82, 2.24) is 0 Å². The Kier molecular flexibility index (Phi) is 11.7. The number of carbonyl (C=O) groups is 1. The molecule has 0 fully saturated rings. The molecule has 12 heteroatoms. The summed E-state index contributed by atoms with van der Waals surface area (Å²) in [4.78, 5) is 38.5. The van der Waals surface area contributed by atoms with Crippen molar-refractivity contribution in [3.8, 4) is 0 Å². The Bertz CT molecular complexity index is 163. The first kappa shape index (κ1) is 17.6. The highest BCUT2D eigenvalue weighted by molar-refractivity contribution is 7.45. The largest absolute Gasteiger partial charge is 0.503 e. The Hall–Kier alpha value is -1.42. The molecule has 0 spiro atoms. The van der Waals surface area contributed by atoms with E-state index in [0.717, 1.165) is 0 Å². The van der Waals surface area contributed by atoms with Crippen LogP contribution in [0.15, 0.2) is 0 Å². The molecule has 0 saturated carbocycles. The number of carboxylic acid groups (broad SMARTS) is 2. The van der Waals surface area contributed by atoms with E-state index in [1.165, 1.54) is 0 Å². The van der Waals surface area contributed by atoms with Crippen LogP contribution >= 0.6 is 7.82 Å². The molecule has 0 radical (unpaired) electrons. The summed E-state index contributed by atoms with van der Waals surface area (Å²) in [5.74, 6) is 0. The number of phosphoric acid groups is 1. The van der Waals surface area contributed by atoms with Crippen molar-refractivity contribution in [3.05, 3.63) is 10.1 Å². The number of hydrogen-bond donors (Lipinski definition) is 6. The fraction of sp³-hybridized carbons (Fsp3) is 0. The van der Waals surface area contributed by atoms with Crippen molar-refractivity contribution >= 4 is 14.0 Å². The van der Waals surface area contributed by atoms with Crippen LogP contribution in [0.3, 0.4) is 0 Å². The average molecular weight is 223 g/mol. The predicted octanol–water partition coefficient (Wildman–Crippen LogP) is -1.05. The highest BCUT2D eigenvalue weighted by Crippen LogP contribution is 2.25. The molecule has 0 rings (SSSR count). The minimum Gasteiger partial charge on any atom is -0.450 e. The van der Waals surface area contributed by atoms with E-state index in [1.54, 1.807) is 0 Å². The molecule has 11 nitrogen and oxygen atoms in total. The Morgan fingerprint density at radius 2 is 1.23 bits per heavy atom. The monoisotopic (exact) mass is 223 g/mol. The van der Waals surface area contributed by atoms with Crippen LogP contribution in [0, 0.1) is 10.1 Å². The van der Waals surface area contributed by atoms with Gasteiger partial charge < -0.3 is 30.1 Å². The maximum absolute atomic E-state index is 8.88. The van der Waals surface area contributed by atoms with Crippen molar-refractivity contribution in [2.24, 2.45) is 0 Å². The van der Waals surface area contributed by atoms with E-state index in [9.17, 15) is 0 Å². The van der Waals surface area contributed by atoms with Crippen LogP contribution in [0.25, 0.3) is 0 Å². The van der Waals surface area contributed by atoms with Gasteiger partial charge in [0.05, 0.1) is 0 Å². The van der Waals surface area contributed by atoms with Crippen molar-refractivity contribution < 1.29 is 44.5 Å². The summed E-state index contributed by atoms with van der Waals surface area (Å²) in [6, 6.07) is 0. The zero-order valence-electron chi connectivity index (χ0n) is 5.71. The maximum atomic E-state index is 8.88. The minimum atomic E-state index is -4.64. The van der Waals surface area contributed by atoms with Crippen LogP contribution in [0.2, 0.25) is 0 Å². The fourth-order valence-corrected chi connectivity index (χ4v) is 0. The van der Waals surface area contributed by atoms with Gasteiger partial charge in [-0.25, -0.2) is 9.36 Å². The van der Waals surface area contributed by atoms with E-state index in [-0.39, 0.29) is 0 Å². The lowest BCUT2D eigenvalue weighted by molar-refractivity contribution is -0.742. The molecule has 6 N–H and O–H groups in total. The first-order chi connectivity index (χ1) is 5.46. The number of rotatable bonds is 0. The topological polar surface area (TPSA) is 199 Å². The van der Waals surface area contributed by atoms with Gasteiger partial charge in [-0.1, -0.05) is 0 Å². The highest BCUT2D eigenvalue weighted by Gasteiger charge is 2.00. The quantitative estimate of drug-likeness (QED) is 0.167. The van der Waals surface area contributed by atoms with Crippen molar-refractivity contribution in [1.29, 1.82) is 0 Å². The molecule has 0 saturated heterocycles. The Labute approximate surface area is 69.8 Å². The molecule has 80 valence electrons. The smallest absolute Gasteiger partial charge is 0.450 e. The van der Waals surface area contributed by atoms with E-state index in [1.807, 2.05) is 0 Å². The second-order valence-electron chi connectivity index (χ2n) is 1.03. The first-order valence-electron chi connectivity index (χ1n) is 2.00. The van der Waals surface area contributed by atoms with Gasteiger partial charge in [-0.05, 0) is 0 Å². The van der Waals surface area contributed by atoms with Gasteiger partial charge in [0.2, 0.25) is 0 Å². The standard InChI is InChI=1S/CH2O3.HNO3.H3O4P/c2*2-1(3)4;1-5(2,3)4/h(H2,2,3,4);(H,2,3,4);(H3,1,2,3,4). The fourth-order valence-electron chi connectivity index (χ4n) is 0. The van der Waals surface area contributed by atoms with Gasteiger partial charge in [0.15, 0.2) is 0 Å². The average Bonchev–Trinajstić information content (AvgIpc) is 1.50. The molecule has 0 unspecified atom stereocenters. The van der Waals surface area contributed by atoms with Gasteiger partial charge in [-0.2, -0.15) is 0 Å². The van der Waals surface area contributed by atoms with Gasteiger partial charge in [-0.15, -0.1) is 10.1 Å². The molecular formula is CH6NO10P. The second kappa shape index (κ2) is 8.67. The SMILES string of the molecule is O=C(O)O.O=P(O)(O)O.O=[N+]([O-])O. The van der Waals surface area contributed by atoms with Crippen LogP contribution in [0.4, 0.5) is 4.79 Å². The molecule has 0 atom stereocenters. The molecule has 0 bridgehead atoms. The van der Waals surface area contributed by atoms with Gasteiger partial charge >= 0.3 is 14.0 Å². The summed E-state index contributed by atoms with van der Waals surface area (Å²) in [5.41, 5.74) is 0. The van der Waals surface area contributed by atoms with E-state index in [4.69, 9.17) is 49.6 Å². The summed E-state index contributed by atoms with van der Waals surface area (Å²) in [7, 11) is -4.64. The summed E-state index contributed by atoms with van der Waals surface area (Å²) in [6.45, 7) is 0. The third-order valence-electron chi connectivity index (χ3n) is 0. The normalized spacial score (nSPS) is 8.23. The number of hydrogen-bond acceptors (Lipinski definition) is 4. The van der Waals surface area contributed by atoms with E-state index in [0.29, 0.717) is 0 Å². The molecule has 0 aliphatic rings. The molecular weight excluding hydrogens is 217 g/mol. The highest BCUT2D eigenvalue weighted by atomic mass is 31.2. The van der Waals surface area contributed by atoms with Crippen molar-refractivity contribution in [3.63, 3.8) is 0 Å². The molecule has 0 aliphatic carbocycles. The predicted molar refractivity (Wildman–Crippen MR) is 33.7 cm³/mol. The summed E-state index contributed by atoms with van der Waals surface area (Å²) >= 11 is 0. The third kappa shape index (κ3) is 386. The molecule has 0 aliphatic heterocycles. The second-order valence-corrected chi connectivity index (χ2v) is 2.06. The van der Waals surface area contributed by atoms with Gasteiger partial charge in [0.25, 0.3) is 5.09 Å². The molecule has 13 heavy (non-hydrogen) atoms. The number of nitrogens with zero attached hydrogens (tertiary/aromatic N) is 1. The van der Waals surface area contributed by atoms with Gasteiger partial charge in [0, 0.05) is 0 Å². The van der Waals surface area contributed by atoms with E-state index >= 15 is 0 Å². The van der Waals surface area contributed by atoms with Crippen LogP contribution in [0.1, 0.15) is 0 Å². The summed E-state index contributed by atoms with van der Waals surface area (Å²) in [5, 5.41) is 27.6. The van der Waals surface area contributed by atoms with E-state index in [2.05, 4.69) is 0 Å². The van der Waals surface area contributed by atoms with Crippen molar-refractivity contribution in [2.75, 3.05) is 0 Å². The van der Waals surface area contributed by atoms with Gasteiger partial charge in [0.1, 0.15) is 0 Å². The molecule has 0 aromatic carbocycles. The van der Waals surface area contributed by atoms with Gasteiger partial charge in [-0.3, -0.25) is 0 Å². The minimum absolute atomic E-state index is 1.50. The maximum Gasteiger partial charge on any atom is 0.503 e. The van der Waals surface area contributed by atoms with E-state index < -0.39 is 19.1 Å². The Morgan fingerprint density at radius 3 is 1.23 bits per heavy atom. The molecule has 0 heterocycles. The summed E-state index contributed by atoms with van der Waals surface area (Å²) < 4.78 is 8.88. The molecule has 0 amide bonds. The summed E-state index contributed by atoms with van der Waals surface area (Å²) in [6.07, 6.45) is -1.83. The van der Waals surface area contributed by atoms with Crippen molar-refractivity contribution in [2.45, 2.75) is 0 Å².